The first kappa shape index (κ1) is 25.5. The molecule has 6 rings (SSSR count). The Morgan fingerprint density at radius 3 is 1.50 bits per heavy atom. The summed E-state index contributed by atoms with van der Waals surface area (Å²) in [5.41, 5.74) is 2.87. The standard InChI is InChI=1S/C31H23N3O4S2/c35-39(36,25-12-6-2-7-13-25)33-23-16-18-27-28-19-17-24(34-40(37,38)26-14-8-3-9-15-26)21-30(28)32-31(29(27)20-23)22-10-4-1-5-11-22/h1-21,33-34H. The molecule has 0 saturated heterocycles. The molecule has 198 valence electrons. The van der Waals surface area contributed by atoms with Crippen molar-refractivity contribution in [1.29, 1.82) is 0 Å². The summed E-state index contributed by atoms with van der Waals surface area (Å²) in [6, 6.07) is 36.5. The highest BCUT2D eigenvalue weighted by Gasteiger charge is 2.18. The molecule has 0 atom stereocenters. The number of hydrogen-bond acceptors (Lipinski definition) is 5. The predicted octanol–water partition coefficient (Wildman–Crippen LogP) is 6.66. The highest BCUT2D eigenvalue weighted by atomic mass is 32.2. The van der Waals surface area contributed by atoms with Crippen LogP contribution in [-0.2, 0) is 20.0 Å². The van der Waals surface area contributed by atoms with E-state index in [2.05, 4.69) is 9.44 Å². The van der Waals surface area contributed by atoms with Gasteiger partial charge in [-0.05, 0) is 53.9 Å². The van der Waals surface area contributed by atoms with Gasteiger partial charge < -0.3 is 0 Å². The Labute approximate surface area is 232 Å². The molecule has 0 aliphatic heterocycles. The van der Waals surface area contributed by atoms with Crippen molar-refractivity contribution in [1.82, 2.24) is 4.98 Å². The maximum Gasteiger partial charge on any atom is 0.261 e. The fraction of sp³-hybridized carbons (Fsp3) is 0. The largest absolute Gasteiger partial charge is 0.280 e. The van der Waals surface area contributed by atoms with E-state index in [0.29, 0.717) is 22.6 Å². The van der Waals surface area contributed by atoms with Gasteiger partial charge in [0.05, 0.1) is 26.7 Å². The van der Waals surface area contributed by atoms with Gasteiger partial charge in [-0.25, -0.2) is 21.8 Å². The summed E-state index contributed by atoms with van der Waals surface area (Å²) in [6.07, 6.45) is 0. The van der Waals surface area contributed by atoms with Gasteiger partial charge in [0.15, 0.2) is 0 Å². The van der Waals surface area contributed by atoms with Gasteiger partial charge in [0.1, 0.15) is 0 Å². The third-order valence-corrected chi connectivity index (χ3v) is 9.25. The summed E-state index contributed by atoms with van der Waals surface area (Å²) >= 11 is 0. The first-order valence-electron chi connectivity index (χ1n) is 12.4. The van der Waals surface area contributed by atoms with Crippen LogP contribution in [0.25, 0.3) is 32.9 Å². The van der Waals surface area contributed by atoms with Crippen LogP contribution in [0.1, 0.15) is 0 Å². The molecule has 0 unspecified atom stereocenters. The highest BCUT2D eigenvalue weighted by molar-refractivity contribution is 7.93. The van der Waals surface area contributed by atoms with Crippen molar-refractivity contribution in [3.05, 3.63) is 127 Å². The minimum absolute atomic E-state index is 0.164. The molecule has 6 aromatic rings. The second kappa shape index (κ2) is 10.1. The second-order valence-corrected chi connectivity index (χ2v) is 12.5. The molecular weight excluding hydrogens is 542 g/mol. The van der Waals surface area contributed by atoms with Crippen LogP contribution in [0.5, 0.6) is 0 Å². The fourth-order valence-corrected chi connectivity index (χ4v) is 6.72. The molecule has 7 nitrogen and oxygen atoms in total. The zero-order valence-electron chi connectivity index (χ0n) is 21.0. The number of nitrogens with one attached hydrogen (secondary N) is 2. The van der Waals surface area contributed by atoms with Gasteiger partial charge in [0.2, 0.25) is 0 Å². The minimum Gasteiger partial charge on any atom is -0.280 e. The molecule has 0 bridgehead atoms. The lowest BCUT2D eigenvalue weighted by atomic mass is 9.99. The van der Waals surface area contributed by atoms with Crippen LogP contribution in [0.3, 0.4) is 0 Å². The number of benzene rings is 5. The summed E-state index contributed by atoms with van der Waals surface area (Å²) in [4.78, 5) is 5.25. The van der Waals surface area contributed by atoms with Gasteiger partial charge in [-0.3, -0.25) is 9.44 Å². The molecule has 0 amide bonds. The summed E-state index contributed by atoms with van der Waals surface area (Å²) in [5, 5.41) is 2.41. The maximum atomic E-state index is 13.0. The minimum atomic E-state index is -3.78. The molecule has 0 saturated carbocycles. The van der Waals surface area contributed by atoms with E-state index < -0.39 is 20.0 Å². The molecule has 0 radical (unpaired) electrons. The molecule has 0 aliphatic rings. The third kappa shape index (κ3) is 5.00. The SMILES string of the molecule is O=S(=O)(Nc1ccc2c(c1)nc(-c1ccccc1)c1cc(NS(=O)(=O)c3ccccc3)ccc12)c1ccccc1. The second-order valence-electron chi connectivity index (χ2n) is 9.16. The molecule has 9 heteroatoms. The average Bonchev–Trinajstić information content (AvgIpc) is 2.97. The number of fused-ring (bicyclic) bond motifs is 3. The Morgan fingerprint density at radius 1 is 0.475 bits per heavy atom. The third-order valence-electron chi connectivity index (χ3n) is 6.45. The Balaban J connectivity index is 1.47. The Bertz CT molecular complexity index is 2070. The highest BCUT2D eigenvalue weighted by Crippen LogP contribution is 2.35. The van der Waals surface area contributed by atoms with E-state index in [1.807, 2.05) is 42.5 Å². The van der Waals surface area contributed by atoms with Crippen molar-refractivity contribution in [3.63, 3.8) is 0 Å². The van der Waals surface area contributed by atoms with Crippen LogP contribution in [0.4, 0.5) is 11.4 Å². The van der Waals surface area contributed by atoms with Crippen LogP contribution in [0.15, 0.2) is 137 Å². The molecule has 1 heterocycles. The summed E-state index contributed by atoms with van der Waals surface area (Å²) < 4.78 is 57.1. The molecule has 5 aromatic carbocycles. The van der Waals surface area contributed by atoms with Gasteiger partial charge in [-0.1, -0.05) is 78.9 Å². The molecular formula is C31H23N3O4S2. The molecule has 1 aromatic heterocycles. The number of sulfonamides is 2. The summed E-state index contributed by atoms with van der Waals surface area (Å²) in [5.74, 6) is 0. The van der Waals surface area contributed by atoms with E-state index >= 15 is 0 Å². The zero-order chi connectivity index (χ0) is 27.7. The van der Waals surface area contributed by atoms with E-state index in [4.69, 9.17) is 4.98 Å². The molecule has 40 heavy (non-hydrogen) atoms. The number of nitrogens with zero attached hydrogens (tertiary/aromatic N) is 1. The fourth-order valence-electron chi connectivity index (χ4n) is 4.58. The van der Waals surface area contributed by atoms with Crippen LogP contribution >= 0.6 is 0 Å². The van der Waals surface area contributed by atoms with Crippen molar-refractivity contribution in [2.24, 2.45) is 0 Å². The first-order valence-corrected chi connectivity index (χ1v) is 15.4. The lowest BCUT2D eigenvalue weighted by molar-refractivity contribution is 0.599. The summed E-state index contributed by atoms with van der Waals surface area (Å²) in [6.45, 7) is 0. The number of pyridine rings is 1. The van der Waals surface area contributed by atoms with Crippen molar-refractivity contribution in [2.45, 2.75) is 9.79 Å². The number of rotatable bonds is 7. The Hall–Kier alpha value is -4.73. The zero-order valence-corrected chi connectivity index (χ0v) is 22.7. The predicted molar refractivity (Wildman–Crippen MR) is 159 cm³/mol. The normalized spacial score (nSPS) is 11.9. The lowest BCUT2D eigenvalue weighted by Gasteiger charge is -2.14. The van der Waals surface area contributed by atoms with Gasteiger partial charge in [-0.15, -0.1) is 0 Å². The van der Waals surface area contributed by atoms with E-state index in [1.54, 1.807) is 60.7 Å². The van der Waals surface area contributed by atoms with Crippen molar-refractivity contribution in [3.8, 4) is 11.3 Å². The van der Waals surface area contributed by atoms with Crippen LogP contribution in [0, 0.1) is 0 Å². The molecule has 0 aliphatic carbocycles. The topological polar surface area (TPSA) is 105 Å². The monoisotopic (exact) mass is 565 g/mol. The Morgan fingerprint density at radius 2 is 0.950 bits per heavy atom. The van der Waals surface area contributed by atoms with Crippen LogP contribution in [0.2, 0.25) is 0 Å². The average molecular weight is 566 g/mol. The van der Waals surface area contributed by atoms with Crippen LogP contribution in [-0.4, -0.2) is 21.8 Å². The summed E-state index contributed by atoms with van der Waals surface area (Å²) in [7, 11) is -7.56. The van der Waals surface area contributed by atoms with E-state index in [1.165, 1.54) is 24.3 Å². The van der Waals surface area contributed by atoms with Crippen LogP contribution < -0.4 is 9.44 Å². The number of hydrogen-bond donors (Lipinski definition) is 2. The molecule has 2 N–H and O–H groups in total. The smallest absolute Gasteiger partial charge is 0.261 e. The molecule has 0 spiro atoms. The van der Waals surface area contributed by atoms with E-state index in [-0.39, 0.29) is 9.79 Å². The number of anilines is 2. The maximum absolute atomic E-state index is 13.0. The van der Waals surface area contributed by atoms with Gasteiger partial charge >= 0.3 is 0 Å². The van der Waals surface area contributed by atoms with Crippen molar-refractivity contribution >= 4 is 53.1 Å². The lowest BCUT2D eigenvalue weighted by Crippen LogP contribution is -2.13. The van der Waals surface area contributed by atoms with Crippen molar-refractivity contribution < 1.29 is 16.8 Å². The molecule has 0 fully saturated rings. The quantitative estimate of drug-likeness (QED) is 0.211. The van der Waals surface area contributed by atoms with Gasteiger partial charge in [-0.2, -0.15) is 0 Å². The van der Waals surface area contributed by atoms with E-state index in [0.717, 1.165) is 21.7 Å². The van der Waals surface area contributed by atoms with Gasteiger partial charge in [0, 0.05) is 22.0 Å². The van der Waals surface area contributed by atoms with Crippen molar-refractivity contribution in [2.75, 3.05) is 9.44 Å². The number of aromatic nitrogens is 1. The van der Waals surface area contributed by atoms with E-state index in [9.17, 15) is 16.8 Å². The Kier molecular flexibility index (Phi) is 6.45. The first-order chi connectivity index (χ1) is 19.3. The van der Waals surface area contributed by atoms with Gasteiger partial charge in [0.25, 0.3) is 20.0 Å².